The lowest BCUT2D eigenvalue weighted by Crippen LogP contribution is -2.43. The molecule has 1 N–H and O–H groups in total. The van der Waals surface area contributed by atoms with Crippen LogP contribution in [-0.4, -0.2) is 25.0 Å². The first kappa shape index (κ1) is 18.4. The Kier molecular flexibility index (Phi) is 6.00. The summed E-state index contributed by atoms with van der Waals surface area (Å²) in [6.07, 6.45) is 0.361. The van der Waals surface area contributed by atoms with Gasteiger partial charge in [0, 0.05) is 12.0 Å². The molecule has 0 fully saturated rings. The smallest absolute Gasteiger partial charge is 0.328 e. The van der Waals surface area contributed by atoms with Crippen LogP contribution < -0.4 is 5.32 Å². The predicted molar refractivity (Wildman–Crippen MR) is 105 cm³/mol. The molecule has 0 spiro atoms. The van der Waals surface area contributed by atoms with Gasteiger partial charge in [0.15, 0.2) is 0 Å². The van der Waals surface area contributed by atoms with Crippen molar-refractivity contribution in [1.82, 2.24) is 5.32 Å². The number of methoxy groups -OCH3 is 1. The topological polar surface area (TPSA) is 55.4 Å². The van der Waals surface area contributed by atoms with Gasteiger partial charge in [-0.3, -0.25) is 4.79 Å². The summed E-state index contributed by atoms with van der Waals surface area (Å²) in [7, 11) is 1.32. The maximum absolute atomic E-state index is 12.4. The molecule has 0 heterocycles. The predicted octanol–water partition coefficient (Wildman–Crippen LogP) is 3.87. The average Bonchev–Trinajstić information content (AvgIpc) is 2.74. The molecule has 0 saturated carbocycles. The molecule has 1 atom stereocenters. The minimum Gasteiger partial charge on any atom is -0.467 e. The molecule has 0 saturated heterocycles. The summed E-state index contributed by atoms with van der Waals surface area (Å²) < 4.78 is 4.86. The lowest BCUT2D eigenvalue weighted by Gasteiger charge is -2.17. The minimum atomic E-state index is -0.745. The Morgan fingerprint density at radius 2 is 1.37 bits per heavy atom. The molecule has 0 bridgehead atoms. The fourth-order valence-electron chi connectivity index (χ4n) is 2.87. The standard InChI is InChI=1S/C23H21NO3/c1-27-23(26)21(24-22(25)20-10-6-3-7-11-20)16-17-12-14-19(15-13-17)18-8-4-2-5-9-18/h2-15,21H,16H2,1H3,(H,24,25)/t21-/m0/s1. The Bertz CT molecular complexity index is 890. The number of hydrogen-bond donors (Lipinski definition) is 1. The highest BCUT2D eigenvalue weighted by Gasteiger charge is 2.22. The third-order valence-corrected chi connectivity index (χ3v) is 4.33. The molecule has 0 aliphatic heterocycles. The minimum absolute atomic E-state index is 0.299. The molecule has 3 rings (SSSR count). The number of esters is 1. The van der Waals surface area contributed by atoms with E-state index in [-0.39, 0.29) is 5.91 Å². The number of hydrogen-bond acceptors (Lipinski definition) is 3. The summed E-state index contributed by atoms with van der Waals surface area (Å²) >= 11 is 0. The van der Waals surface area contributed by atoms with Crippen LogP contribution in [0.4, 0.5) is 0 Å². The molecule has 0 unspecified atom stereocenters. The van der Waals surface area contributed by atoms with E-state index in [9.17, 15) is 9.59 Å². The van der Waals surface area contributed by atoms with E-state index in [1.807, 2.05) is 60.7 Å². The summed E-state index contributed by atoms with van der Waals surface area (Å²) in [6, 6.07) is 26.1. The van der Waals surface area contributed by atoms with Crippen molar-refractivity contribution in [3.63, 3.8) is 0 Å². The Morgan fingerprint density at radius 3 is 1.96 bits per heavy atom. The van der Waals surface area contributed by atoms with Gasteiger partial charge in [0.05, 0.1) is 7.11 Å². The van der Waals surface area contributed by atoms with Gasteiger partial charge >= 0.3 is 5.97 Å². The number of benzene rings is 3. The second-order valence-corrected chi connectivity index (χ2v) is 6.18. The molecule has 3 aromatic rings. The van der Waals surface area contributed by atoms with Crippen molar-refractivity contribution in [2.75, 3.05) is 7.11 Å². The summed E-state index contributed by atoms with van der Waals surface area (Å²) in [5.74, 6) is -0.765. The Hall–Kier alpha value is -3.40. The zero-order chi connectivity index (χ0) is 19.1. The van der Waals surface area contributed by atoms with Gasteiger partial charge in [0.25, 0.3) is 5.91 Å². The first-order valence-corrected chi connectivity index (χ1v) is 8.75. The van der Waals surface area contributed by atoms with Gasteiger partial charge < -0.3 is 10.1 Å². The number of amides is 1. The van der Waals surface area contributed by atoms with Crippen LogP contribution in [0.1, 0.15) is 15.9 Å². The Morgan fingerprint density at radius 1 is 0.815 bits per heavy atom. The van der Waals surface area contributed by atoms with Crippen LogP contribution in [-0.2, 0) is 16.0 Å². The van der Waals surface area contributed by atoms with Crippen LogP contribution in [0.15, 0.2) is 84.9 Å². The third kappa shape index (κ3) is 4.82. The van der Waals surface area contributed by atoms with Crippen LogP contribution in [0.25, 0.3) is 11.1 Å². The van der Waals surface area contributed by atoms with Crippen LogP contribution in [0.5, 0.6) is 0 Å². The normalized spacial score (nSPS) is 11.4. The highest BCUT2D eigenvalue weighted by Crippen LogP contribution is 2.20. The summed E-state index contributed by atoms with van der Waals surface area (Å²) in [5.41, 5.74) is 3.68. The number of ether oxygens (including phenoxy) is 1. The van der Waals surface area contributed by atoms with Gasteiger partial charge in [-0.1, -0.05) is 72.8 Å². The molecule has 27 heavy (non-hydrogen) atoms. The number of rotatable bonds is 6. The van der Waals surface area contributed by atoms with E-state index in [2.05, 4.69) is 5.32 Å². The van der Waals surface area contributed by atoms with Crippen LogP contribution in [0.3, 0.4) is 0 Å². The van der Waals surface area contributed by atoms with E-state index in [1.54, 1.807) is 24.3 Å². The molecular weight excluding hydrogens is 338 g/mol. The van der Waals surface area contributed by atoms with E-state index in [0.29, 0.717) is 12.0 Å². The van der Waals surface area contributed by atoms with Gasteiger partial charge in [-0.15, -0.1) is 0 Å². The quantitative estimate of drug-likeness (QED) is 0.680. The first-order valence-electron chi connectivity index (χ1n) is 8.75. The van der Waals surface area contributed by atoms with Crippen LogP contribution >= 0.6 is 0 Å². The molecular formula is C23H21NO3. The van der Waals surface area contributed by atoms with Crippen molar-refractivity contribution in [2.24, 2.45) is 0 Å². The number of carbonyl (C=O) groups is 2. The largest absolute Gasteiger partial charge is 0.467 e. The average molecular weight is 359 g/mol. The van der Waals surface area contributed by atoms with Crippen molar-refractivity contribution < 1.29 is 14.3 Å². The molecule has 0 aliphatic rings. The monoisotopic (exact) mass is 359 g/mol. The molecule has 1 amide bonds. The van der Waals surface area contributed by atoms with Crippen LogP contribution in [0.2, 0.25) is 0 Å². The van der Waals surface area contributed by atoms with Crippen molar-refractivity contribution in [3.05, 3.63) is 96.1 Å². The third-order valence-electron chi connectivity index (χ3n) is 4.33. The number of nitrogens with one attached hydrogen (secondary N) is 1. The van der Waals surface area contributed by atoms with E-state index < -0.39 is 12.0 Å². The second kappa shape index (κ2) is 8.81. The summed E-state index contributed by atoms with van der Waals surface area (Å²) in [6.45, 7) is 0. The fourth-order valence-corrected chi connectivity index (χ4v) is 2.87. The van der Waals surface area contributed by atoms with Gasteiger partial charge in [-0.2, -0.15) is 0 Å². The molecule has 0 aliphatic carbocycles. The van der Waals surface area contributed by atoms with Gasteiger partial charge in [-0.25, -0.2) is 4.79 Å². The second-order valence-electron chi connectivity index (χ2n) is 6.18. The molecule has 0 radical (unpaired) electrons. The van der Waals surface area contributed by atoms with Crippen molar-refractivity contribution in [2.45, 2.75) is 12.5 Å². The van der Waals surface area contributed by atoms with Crippen molar-refractivity contribution in [3.8, 4) is 11.1 Å². The maximum atomic E-state index is 12.4. The molecule has 4 heteroatoms. The maximum Gasteiger partial charge on any atom is 0.328 e. The molecule has 136 valence electrons. The summed E-state index contributed by atoms with van der Waals surface area (Å²) in [4.78, 5) is 24.5. The Balaban J connectivity index is 1.73. The van der Waals surface area contributed by atoms with Crippen molar-refractivity contribution in [1.29, 1.82) is 0 Å². The van der Waals surface area contributed by atoms with E-state index in [1.165, 1.54) is 7.11 Å². The SMILES string of the molecule is COC(=O)[C@H](Cc1ccc(-c2ccccc2)cc1)NC(=O)c1ccccc1. The van der Waals surface area contributed by atoms with Gasteiger partial charge in [-0.05, 0) is 28.8 Å². The summed E-state index contributed by atoms with van der Waals surface area (Å²) in [5, 5.41) is 2.77. The highest BCUT2D eigenvalue weighted by atomic mass is 16.5. The first-order chi connectivity index (χ1) is 13.2. The fraction of sp³-hybridized carbons (Fsp3) is 0.130. The van der Waals surface area contributed by atoms with Gasteiger partial charge in [0.2, 0.25) is 0 Å². The number of carbonyl (C=O) groups excluding carboxylic acids is 2. The lowest BCUT2D eigenvalue weighted by molar-refractivity contribution is -0.142. The van der Waals surface area contributed by atoms with E-state index in [0.717, 1.165) is 16.7 Å². The Labute approximate surface area is 158 Å². The van der Waals surface area contributed by atoms with Crippen molar-refractivity contribution >= 4 is 11.9 Å². The van der Waals surface area contributed by atoms with E-state index >= 15 is 0 Å². The highest BCUT2D eigenvalue weighted by molar-refractivity contribution is 5.96. The zero-order valence-corrected chi connectivity index (χ0v) is 15.1. The molecule has 4 nitrogen and oxygen atoms in total. The van der Waals surface area contributed by atoms with Gasteiger partial charge in [0.1, 0.15) is 6.04 Å². The zero-order valence-electron chi connectivity index (χ0n) is 15.1. The van der Waals surface area contributed by atoms with E-state index in [4.69, 9.17) is 4.74 Å². The lowest BCUT2D eigenvalue weighted by atomic mass is 10.0. The molecule has 0 aromatic heterocycles. The molecule has 3 aromatic carbocycles. The van der Waals surface area contributed by atoms with Crippen LogP contribution in [0, 0.1) is 0 Å².